The van der Waals surface area contributed by atoms with Crippen LogP contribution in [-0.2, 0) is 6.18 Å². The van der Waals surface area contributed by atoms with Gasteiger partial charge in [0, 0.05) is 5.56 Å². The molecule has 1 atom stereocenters. The highest BCUT2D eigenvalue weighted by Crippen LogP contribution is 2.34. The molecule has 0 aliphatic carbocycles. The molecule has 0 aliphatic heterocycles. The molecule has 1 N–H and O–H groups in total. The van der Waals surface area contributed by atoms with Crippen molar-refractivity contribution in [3.63, 3.8) is 0 Å². The second-order valence-corrected chi connectivity index (χ2v) is 3.88. The molecule has 0 aliphatic rings. The topological polar surface area (TPSA) is 20.2 Å². The van der Waals surface area contributed by atoms with Gasteiger partial charge >= 0.3 is 6.18 Å². The lowest BCUT2D eigenvalue weighted by Gasteiger charge is -2.15. The molecule has 0 aromatic heterocycles. The van der Waals surface area contributed by atoms with Gasteiger partial charge in [-0.25, -0.2) is 4.39 Å². The van der Waals surface area contributed by atoms with Gasteiger partial charge in [-0.1, -0.05) is 17.7 Å². The molecule has 0 saturated heterocycles. The molecule has 1 rings (SSSR count). The normalized spacial score (nSPS) is 13.5. The number of benzene rings is 1. The number of aliphatic hydroxyl groups excluding tert-OH is 1. The first-order valence-corrected chi connectivity index (χ1v) is 4.91. The van der Waals surface area contributed by atoms with Crippen molar-refractivity contribution in [2.24, 2.45) is 0 Å². The van der Waals surface area contributed by atoms with E-state index in [0.717, 1.165) is 12.1 Å². The summed E-state index contributed by atoms with van der Waals surface area (Å²) in [6.07, 6.45) is -6.05. The zero-order valence-electron chi connectivity index (χ0n) is 9.18. The summed E-state index contributed by atoms with van der Waals surface area (Å²) in [5, 5.41) is 9.59. The maximum absolute atomic E-state index is 13.6. The molecule has 0 fully saturated rings. The van der Waals surface area contributed by atoms with Crippen LogP contribution in [-0.4, -0.2) is 5.11 Å². The van der Waals surface area contributed by atoms with Crippen molar-refractivity contribution in [3.05, 3.63) is 47.3 Å². The third kappa shape index (κ3) is 3.30. The van der Waals surface area contributed by atoms with E-state index in [9.17, 15) is 22.7 Å². The van der Waals surface area contributed by atoms with Crippen molar-refractivity contribution in [2.75, 3.05) is 0 Å². The second kappa shape index (κ2) is 4.87. The summed E-state index contributed by atoms with van der Waals surface area (Å²) in [7, 11) is 0. The van der Waals surface area contributed by atoms with Gasteiger partial charge in [0.05, 0.1) is 11.7 Å². The van der Waals surface area contributed by atoms with Gasteiger partial charge in [0.15, 0.2) is 0 Å². The Morgan fingerprint density at radius 1 is 1.41 bits per heavy atom. The van der Waals surface area contributed by atoms with Crippen LogP contribution in [0.3, 0.4) is 0 Å². The molecule has 0 spiro atoms. The number of alkyl halides is 3. The summed E-state index contributed by atoms with van der Waals surface area (Å²) >= 11 is 0. The van der Waals surface area contributed by atoms with Crippen LogP contribution in [0.25, 0.3) is 0 Å². The van der Waals surface area contributed by atoms with Crippen LogP contribution in [0.2, 0.25) is 0 Å². The van der Waals surface area contributed by atoms with Crippen molar-refractivity contribution in [2.45, 2.75) is 25.6 Å². The van der Waals surface area contributed by atoms with E-state index in [1.54, 1.807) is 6.92 Å². The zero-order valence-corrected chi connectivity index (χ0v) is 9.18. The van der Waals surface area contributed by atoms with E-state index in [-0.39, 0.29) is 12.0 Å². The fourth-order valence-electron chi connectivity index (χ4n) is 1.47. The van der Waals surface area contributed by atoms with Gasteiger partial charge in [-0.05, 0) is 19.4 Å². The number of hydrogen-bond donors (Lipinski definition) is 1. The predicted molar refractivity (Wildman–Crippen MR) is 55.8 cm³/mol. The lowest BCUT2D eigenvalue weighted by Crippen LogP contribution is -2.11. The highest BCUT2D eigenvalue weighted by atomic mass is 19.4. The first-order valence-electron chi connectivity index (χ1n) is 4.91. The summed E-state index contributed by atoms with van der Waals surface area (Å²) in [5.41, 5.74) is -1.16. The molecular weight excluding hydrogens is 236 g/mol. The monoisotopic (exact) mass is 248 g/mol. The van der Waals surface area contributed by atoms with E-state index in [0.29, 0.717) is 11.6 Å². The molecular formula is C12H12F4O. The molecule has 1 aromatic rings. The standard InChI is InChI=1S/C12H12F4O/c1-7(2)6-10(17)8-4-3-5-9(11(8)13)12(14,15)16/h3-5,10,17H,1,6H2,2H3. The van der Waals surface area contributed by atoms with Gasteiger partial charge in [0.25, 0.3) is 0 Å². The van der Waals surface area contributed by atoms with Crippen LogP contribution < -0.4 is 0 Å². The number of halogens is 4. The fraction of sp³-hybridized carbons (Fsp3) is 0.333. The number of hydrogen-bond acceptors (Lipinski definition) is 1. The lowest BCUT2D eigenvalue weighted by atomic mass is 10.00. The van der Waals surface area contributed by atoms with Crippen molar-refractivity contribution < 1.29 is 22.7 Å². The van der Waals surface area contributed by atoms with Crippen LogP contribution in [0.15, 0.2) is 30.4 Å². The maximum atomic E-state index is 13.6. The Kier molecular flexibility index (Phi) is 3.93. The van der Waals surface area contributed by atoms with Crippen LogP contribution >= 0.6 is 0 Å². The van der Waals surface area contributed by atoms with E-state index < -0.39 is 23.7 Å². The minimum atomic E-state index is -4.76. The third-order valence-corrected chi connectivity index (χ3v) is 2.23. The average Bonchev–Trinajstić information content (AvgIpc) is 2.14. The Balaban J connectivity index is 3.15. The van der Waals surface area contributed by atoms with E-state index in [1.165, 1.54) is 0 Å². The minimum Gasteiger partial charge on any atom is -0.388 e. The van der Waals surface area contributed by atoms with Crippen LogP contribution in [0.5, 0.6) is 0 Å². The number of aliphatic hydroxyl groups is 1. The largest absolute Gasteiger partial charge is 0.419 e. The smallest absolute Gasteiger partial charge is 0.388 e. The molecule has 0 bridgehead atoms. The Hall–Kier alpha value is -1.36. The first kappa shape index (κ1) is 13.7. The molecule has 5 heteroatoms. The van der Waals surface area contributed by atoms with E-state index in [2.05, 4.69) is 6.58 Å². The Bertz CT molecular complexity index is 423. The summed E-state index contributed by atoms with van der Waals surface area (Å²) in [6.45, 7) is 5.12. The van der Waals surface area contributed by atoms with Crippen molar-refractivity contribution in [1.82, 2.24) is 0 Å². The summed E-state index contributed by atoms with van der Waals surface area (Å²) in [5.74, 6) is -1.42. The molecule has 0 amide bonds. The quantitative estimate of drug-likeness (QED) is 0.636. The Morgan fingerprint density at radius 2 is 2.00 bits per heavy atom. The maximum Gasteiger partial charge on any atom is 0.419 e. The Morgan fingerprint density at radius 3 is 2.47 bits per heavy atom. The first-order chi connectivity index (χ1) is 7.73. The van der Waals surface area contributed by atoms with Gasteiger partial charge in [-0.3, -0.25) is 0 Å². The highest BCUT2D eigenvalue weighted by Gasteiger charge is 2.35. The van der Waals surface area contributed by atoms with E-state index >= 15 is 0 Å². The van der Waals surface area contributed by atoms with Gasteiger partial charge in [0.1, 0.15) is 5.82 Å². The van der Waals surface area contributed by atoms with Gasteiger partial charge in [-0.15, -0.1) is 6.58 Å². The minimum absolute atomic E-state index is 0.0260. The summed E-state index contributed by atoms with van der Waals surface area (Å²) < 4.78 is 50.8. The van der Waals surface area contributed by atoms with E-state index in [4.69, 9.17) is 0 Å². The molecule has 0 heterocycles. The molecule has 0 saturated carbocycles. The lowest BCUT2D eigenvalue weighted by molar-refractivity contribution is -0.140. The van der Waals surface area contributed by atoms with Crippen molar-refractivity contribution >= 4 is 0 Å². The predicted octanol–water partition coefficient (Wildman–Crippen LogP) is 3.84. The fourth-order valence-corrected chi connectivity index (χ4v) is 1.47. The highest BCUT2D eigenvalue weighted by molar-refractivity contribution is 5.30. The molecule has 1 nitrogen and oxygen atoms in total. The molecule has 1 aromatic carbocycles. The Labute approximate surface area is 96.4 Å². The molecule has 1 unspecified atom stereocenters. The third-order valence-electron chi connectivity index (χ3n) is 2.23. The molecule has 17 heavy (non-hydrogen) atoms. The summed E-state index contributed by atoms with van der Waals surface area (Å²) in [4.78, 5) is 0. The van der Waals surface area contributed by atoms with Gasteiger partial charge < -0.3 is 5.11 Å². The second-order valence-electron chi connectivity index (χ2n) is 3.88. The van der Waals surface area contributed by atoms with Crippen molar-refractivity contribution in [1.29, 1.82) is 0 Å². The molecule has 0 radical (unpaired) electrons. The van der Waals surface area contributed by atoms with Crippen molar-refractivity contribution in [3.8, 4) is 0 Å². The van der Waals surface area contributed by atoms with Crippen LogP contribution in [0.4, 0.5) is 17.6 Å². The zero-order chi connectivity index (χ0) is 13.2. The van der Waals surface area contributed by atoms with E-state index in [1.807, 2.05) is 0 Å². The van der Waals surface area contributed by atoms with Gasteiger partial charge in [0.2, 0.25) is 0 Å². The average molecular weight is 248 g/mol. The molecule has 94 valence electrons. The number of rotatable bonds is 3. The van der Waals surface area contributed by atoms with Gasteiger partial charge in [-0.2, -0.15) is 13.2 Å². The van der Waals surface area contributed by atoms with Crippen LogP contribution in [0.1, 0.15) is 30.6 Å². The summed E-state index contributed by atoms with van der Waals surface area (Å²) in [6, 6.07) is 2.85. The van der Waals surface area contributed by atoms with Crippen LogP contribution in [0, 0.1) is 5.82 Å². The SMILES string of the molecule is C=C(C)CC(O)c1cccc(C(F)(F)F)c1F.